The average molecular weight is 246 g/mol. The molecule has 1 aliphatic heterocycles. The van der Waals surface area contributed by atoms with Crippen LogP contribution in [0.4, 0.5) is 0 Å². The number of hydrogen-bond acceptors (Lipinski definition) is 2. The molecule has 2 rings (SSSR count). The van der Waals surface area contributed by atoms with E-state index in [1.54, 1.807) is 11.9 Å². The second-order valence-corrected chi connectivity index (χ2v) is 4.62. The molecule has 1 N–H and O–H groups in total. The Bertz CT molecular complexity index is 444. The van der Waals surface area contributed by atoms with E-state index in [1.807, 2.05) is 37.3 Å². The van der Waals surface area contributed by atoms with Gasteiger partial charge in [0.1, 0.15) is 12.1 Å². The Morgan fingerprint density at radius 1 is 1.22 bits per heavy atom. The Kier molecular flexibility index (Phi) is 3.65. The molecule has 0 aromatic heterocycles. The average Bonchev–Trinajstić information content (AvgIpc) is 2.37. The van der Waals surface area contributed by atoms with E-state index in [1.165, 1.54) is 0 Å². The van der Waals surface area contributed by atoms with Crippen LogP contribution in [0.5, 0.6) is 0 Å². The van der Waals surface area contributed by atoms with E-state index < -0.39 is 6.04 Å². The summed E-state index contributed by atoms with van der Waals surface area (Å²) in [6.45, 7) is 1.91. The molecule has 2 unspecified atom stereocenters. The molecule has 0 aliphatic carbocycles. The lowest BCUT2D eigenvalue weighted by Gasteiger charge is -2.36. The van der Waals surface area contributed by atoms with Gasteiger partial charge in [0, 0.05) is 13.5 Å². The van der Waals surface area contributed by atoms with Gasteiger partial charge in [-0.05, 0) is 12.0 Å². The second kappa shape index (κ2) is 5.21. The maximum Gasteiger partial charge on any atom is 0.245 e. The Balaban J connectivity index is 2.11. The lowest BCUT2D eigenvalue weighted by Crippen LogP contribution is -2.62. The predicted molar refractivity (Wildman–Crippen MR) is 68.9 cm³/mol. The van der Waals surface area contributed by atoms with Gasteiger partial charge in [-0.1, -0.05) is 37.3 Å². The normalized spacial score (nSPS) is 24.0. The number of nitrogens with zero attached hydrogens (tertiary/aromatic N) is 1. The Morgan fingerprint density at radius 3 is 2.50 bits per heavy atom. The van der Waals surface area contributed by atoms with E-state index in [4.69, 9.17) is 0 Å². The number of likely N-dealkylation sites (N-methyl/N-ethyl adjacent to an activating group) is 1. The summed E-state index contributed by atoms with van der Waals surface area (Å²) in [5.41, 5.74) is 1.06. The van der Waals surface area contributed by atoms with Crippen molar-refractivity contribution in [2.75, 3.05) is 7.05 Å². The number of nitrogens with one attached hydrogen (secondary N) is 1. The number of hydrogen-bond donors (Lipinski definition) is 1. The highest BCUT2D eigenvalue weighted by Gasteiger charge is 2.37. The summed E-state index contributed by atoms with van der Waals surface area (Å²) < 4.78 is 0. The zero-order valence-corrected chi connectivity index (χ0v) is 10.7. The van der Waals surface area contributed by atoms with Gasteiger partial charge in [-0.3, -0.25) is 9.59 Å². The van der Waals surface area contributed by atoms with Crippen molar-refractivity contribution in [2.45, 2.75) is 31.8 Å². The zero-order valence-electron chi connectivity index (χ0n) is 10.7. The fourth-order valence-corrected chi connectivity index (χ4v) is 2.35. The zero-order chi connectivity index (χ0) is 13.1. The van der Waals surface area contributed by atoms with Crippen LogP contribution in [0.15, 0.2) is 30.3 Å². The molecule has 18 heavy (non-hydrogen) atoms. The summed E-state index contributed by atoms with van der Waals surface area (Å²) in [4.78, 5) is 25.6. The topological polar surface area (TPSA) is 49.4 Å². The van der Waals surface area contributed by atoms with E-state index in [2.05, 4.69) is 5.32 Å². The standard InChI is InChI=1S/C14H18N2O2/c1-3-12-13(17)15-11(14(18)16(12)2)9-10-7-5-4-6-8-10/h4-8,11-12H,3,9H2,1-2H3,(H,15,17). The fourth-order valence-electron chi connectivity index (χ4n) is 2.35. The third kappa shape index (κ3) is 2.37. The molecule has 4 heteroatoms. The fraction of sp³-hybridized carbons (Fsp3) is 0.429. The number of amides is 2. The van der Waals surface area contributed by atoms with Gasteiger partial charge in [0.25, 0.3) is 0 Å². The molecule has 1 fully saturated rings. The van der Waals surface area contributed by atoms with Crippen LogP contribution < -0.4 is 5.32 Å². The highest BCUT2D eigenvalue weighted by Crippen LogP contribution is 2.14. The van der Waals surface area contributed by atoms with Crippen molar-refractivity contribution in [2.24, 2.45) is 0 Å². The third-order valence-corrected chi connectivity index (χ3v) is 3.40. The summed E-state index contributed by atoms with van der Waals surface area (Å²) >= 11 is 0. The predicted octanol–water partition coefficient (Wildman–Crippen LogP) is 0.964. The SMILES string of the molecule is CCC1C(=O)NC(Cc2ccccc2)C(=O)N1C. The molecule has 2 amide bonds. The number of benzene rings is 1. The van der Waals surface area contributed by atoms with E-state index >= 15 is 0 Å². The summed E-state index contributed by atoms with van der Waals surface area (Å²) in [6.07, 6.45) is 1.19. The Labute approximate surface area is 107 Å². The largest absolute Gasteiger partial charge is 0.342 e. The van der Waals surface area contributed by atoms with Crippen molar-refractivity contribution in [3.05, 3.63) is 35.9 Å². The van der Waals surface area contributed by atoms with Crippen LogP contribution in [0.25, 0.3) is 0 Å². The van der Waals surface area contributed by atoms with Crippen molar-refractivity contribution in [3.8, 4) is 0 Å². The Morgan fingerprint density at radius 2 is 1.89 bits per heavy atom. The lowest BCUT2D eigenvalue weighted by atomic mass is 10.00. The van der Waals surface area contributed by atoms with Gasteiger partial charge < -0.3 is 10.2 Å². The summed E-state index contributed by atoms with van der Waals surface area (Å²) in [5, 5.41) is 2.82. The highest BCUT2D eigenvalue weighted by atomic mass is 16.2. The maximum absolute atomic E-state index is 12.2. The van der Waals surface area contributed by atoms with Crippen molar-refractivity contribution in [1.82, 2.24) is 10.2 Å². The van der Waals surface area contributed by atoms with Crippen LogP contribution in [0, 0.1) is 0 Å². The molecule has 1 saturated heterocycles. The van der Waals surface area contributed by atoms with Crippen molar-refractivity contribution in [3.63, 3.8) is 0 Å². The minimum Gasteiger partial charge on any atom is -0.342 e. The first-order valence-electron chi connectivity index (χ1n) is 6.24. The van der Waals surface area contributed by atoms with Crippen molar-refractivity contribution in [1.29, 1.82) is 0 Å². The molecule has 0 bridgehead atoms. The maximum atomic E-state index is 12.2. The summed E-state index contributed by atoms with van der Waals surface area (Å²) in [6, 6.07) is 8.96. The molecule has 1 heterocycles. The smallest absolute Gasteiger partial charge is 0.245 e. The van der Waals surface area contributed by atoms with Crippen molar-refractivity contribution >= 4 is 11.8 Å². The van der Waals surface area contributed by atoms with E-state index in [-0.39, 0.29) is 17.9 Å². The van der Waals surface area contributed by atoms with Gasteiger partial charge in [0.15, 0.2) is 0 Å². The van der Waals surface area contributed by atoms with Crippen LogP contribution in [0.1, 0.15) is 18.9 Å². The first-order chi connectivity index (χ1) is 8.63. The number of piperazine rings is 1. The number of carbonyl (C=O) groups is 2. The van der Waals surface area contributed by atoms with Gasteiger partial charge in [0.2, 0.25) is 11.8 Å². The van der Waals surface area contributed by atoms with Crippen LogP contribution in [-0.2, 0) is 16.0 Å². The van der Waals surface area contributed by atoms with Crippen LogP contribution >= 0.6 is 0 Å². The highest BCUT2D eigenvalue weighted by molar-refractivity contribution is 5.96. The van der Waals surface area contributed by atoms with Gasteiger partial charge >= 0.3 is 0 Å². The molecule has 1 aromatic rings. The van der Waals surface area contributed by atoms with Crippen molar-refractivity contribution < 1.29 is 9.59 Å². The first kappa shape index (κ1) is 12.6. The minimum atomic E-state index is -0.437. The number of carbonyl (C=O) groups excluding carboxylic acids is 2. The second-order valence-electron chi connectivity index (χ2n) is 4.62. The van der Waals surface area contributed by atoms with Gasteiger partial charge in [-0.15, -0.1) is 0 Å². The first-order valence-corrected chi connectivity index (χ1v) is 6.24. The molecule has 0 spiro atoms. The summed E-state index contributed by atoms with van der Waals surface area (Å²) in [7, 11) is 1.70. The van der Waals surface area contributed by atoms with Gasteiger partial charge in [-0.2, -0.15) is 0 Å². The van der Waals surface area contributed by atoms with Gasteiger partial charge in [-0.25, -0.2) is 0 Å². The molecule has 0 radical (unpaired) electrons. The number of rotatable bonds is 3. The molecule has 4 nitrogen and oxygen atoms in total. The quantitative estimate of drug-likeness (QED) is 0.863. The Hall–Kier alpha value is -1.84. The molecular formula is C14H18N2O2. The molecule has 2 atom stereocenters. The summed E-state index contributed by atoms with van der Waals surface area (Å²) in [5.74, 6) is -0.0640. The molecule has 1 aliphatic rings. The van der Waals surface area contributed by atoms with Crippen LogP contribution in [-0.4, -0.2) is 35.8 Å². The van der Waals surface area contributed by atoms with Crippen LogP contribution in [0.2, 0.25) is 0 Å². The molecule has 0 saturated carbocycles. The molecular weight excluding hydrogens is 228 g/mol. The van der Waals surface area contributed by atoms with Crippen LogP contribution in [0.3, 0.4) is 0 Å². The third-order valence-electron chi connectivity index (χ3n) is 3.40. The monoisotopic (exact) mass is 246 g/mol. The minimum absolute atomic E-state index is 0.00898. The van der Waals surface area contributed by atoms with Gasteiger partial charge in [0.05, 0.1) is 0 Å². The molecule has 1 aromatic carbocycles. The molecule has 96 valence electrons. The van der Waals surface area contributed by atoms with E-state index in [0.29, 0.717) is 12.8 Å². The van der Waals surface area contributed by atoms with E-state index in [9.17, 15) is 9.59 Å². The van der Waals surface area contributed by atoms with E-state index in [0.717, 1.165) is 5.56 Å². The lowest BCUT2D eigenvalue weighted by molar-refractivity contribution is -0.147.